The van der Waals surface area contributed by atoms with Gasteiger partial charge in [0.2, 0.25) is 0 Å². The first-order valence-corrected chi connectivity index (χ1v) is 13.1. The average molecular weight is 543 g/mol. The number of halogens is 1. The van der Waals surface area contributed by atoms with Crippen LogP contribution in [0.4, 0.5) is 0 Å². The number of ether oxygens (including phenoxy) is 3. The number of carbonyl (C=O) groups excluding carboxylic acids is 1. The zero-order valence-corrected chi connectivity index (χ0v) is 22.5. The van der Waals surface area contributed by atoms with E-state index in [2.05, 4.69) is 4.99 Å². The molecule has 0 fully saturated rings. The van der Waals surface area contributed by atoms with Crippen LogP contribution in [0.2, 0.25) is 5.02 Å². The third kappa shape index (κ3) is 5.28. The quantitative estimate of drug-likeness (QED) is 0.433. The fourth-order valence-corrected chi connectivity index (χ4v) is 5.38. The Morgan fingerprint density at radius 2 is 1.84 bits per heavy atom. The van der Waals surface area contributed by atoms with E-state index in [1.807, 2.05) is 19.1 Å². The second-order valence-corrected chi connectivity index (χ2v) is 9.50. The SMILES string of the molecule is CCOC(=O)C1=C(C)N=c2s/c(=C/c3cc(Cl)c(O)c(OCC)c3)c(=O)n2[C@@H]1c1ccc(OCC)cc1. The molecule has 1 aliphatic heterocycles. The minimum atomic E-state index is -0.726. The van der Waals surface area contributed by atoms with E-state index in [1.54, 1.807) is 51.1 Å². The molecule has 3 aromatic rings. The van der Waals surface area contributed by atoms with E-state index < -0.39 is 12.0 Å². The Bertz CT molecular complexity index is 1540. The number of aromatic nitrogens is 1. The molecule has 2 heterocycles. The molecule has 10 heteroatoms. The number of hydrogen-bond acceptors (Lipinski definition) is 8. The number of benzene rings is 2. The molecule has 8 nitrogen and oxygen atoms in total. The Morgan fingerprint density at radius 1 is 1.14 bits per heavy atom. The Hall–Kier alpha value is -3.56. The van der Waals surface area contributed by atoms with E-state index in [4.69, 9.17) is 25.8 Å². The van der Waals surface area contributed by atoms with E-state index in [9.17, 15) is 14.7 Å². The molecule has 1 aromatic heterocycles. The van der Waals surface area contributed by atoms with Crippen LogP contribution in [0, 0.1) is 0 Å². The fraction of sp³-hybridized carbons (Fsp3) is 0.296. The van der Waals surface area contributed by atoms with Gasteiger partial charge in [0.25, 0.3) is 5.56 Å². The number of fused-ring (bicyclic) bond motifs is 1. The molecular weight excluding hydrogens is 516 g/mol. The molecule has 194 valence electrons. The molecule has 2 aromatic carbocycles. The molecule has 0 saturated carbocycles. The van der Waals surface area contributed by atoms with Crippen molar-refractivity contribution in [2.75, 3.05) is 19.8 Å². The number of thiazole rings is 1. The first-order chi connectivity index (χ1) is 17.8. The number of carbonyl (C=O) groups is 1. The van der Waals surface area contributed by atoms with Crippen molar-refractivity contribution in [3.63, 3.8) is 0 Å². The minimum absolute atomic E-state index is 0.109. The number of esters is 1. The third-order valence-electron chi connectivity index (χ3n) is 5.67. The van der Waals surface area contributed by atoms with Crippen LogP contribution in [0.15, 0.2) is 57.5 Å². The lowest BCUT2D eigenvalue weighted by molar-refractivity contribution is -0.139. The van der Waals surface area contributed by atoms with Crippen LogP contribution in [-0.4, -0.2) is 35.5 Å². The van der Waals surface area contributed by atoms with Gasteiger partial charge in [-0.3, -0.25) is 9.36 Å². The lowest BCUT2D eigenvalue weighted by atomic mass is 9.96. The van der Waals surface area contributed by atoms with E-state index in [0.717, 1.165) is 5.56 Å². The summed E-state index contributed by atoms with van der Waals surface area (Å²) < 4.78 is 18.3. The van der Waals surface area contributed by atoms with Crippen molar-refractivity contribution in [2.45, 2.75) is 33.7 Å². The van der Waals surface area contributed by atoms with Crippen LogP contribution in [0.5, 0.6) is 17.2 Å². The van der Waals surface area contributed by atoms with Crippen LogP contribution < -0.4 is 24.4 Å². The van der Waals surface area contributed by atoms with Gasteiger partial charge in [0.1, 0.15) is 5.75 Å². The summed E-state index contributed by atoms with van der Waals surface area (Å²) >= 11 is 7.38. The van der Waals surface area contributed by atoms with Gasteiger partial charge in [0.15, 0.2) is 16.3 Å². The van der Waals surface area contributed by atoms with Gasteiger partial charge in [0.05, 0.1) is 46.7 Å². The maximum Gasteiger partial charge on any atom is 0.338 e. The summed E-state index contributed by atoms with van der Waals surface area (Å²) in [7, 11) is 0. The van der Waals surface area contributed by atoms with Crippen LogP contribution >= 0.6 is 22.9 Å². The van der Waals surface area contributed by atoms with Crippen LogP contribution in [-0.2, 0) is 9.53 Å². The highest BCUT2D eigenvalue weighted by molar-refractivity contribution is 7.07. The van der Waals surface area contributed by atoms with E-state index in [-0.39, 0.29) is 28.7 Å². The maximum absolute atomic E-state index is 13.7. The van der Waals surface area contributed by atoms with E-state index in [0.29, 0.717) is 45.1 Å². The Morgan fingerprint density at radius 3 is 2.49 bits per heavy atom. The maximum atomic E-state index is 13.7. The lowest BCUT2D eigenvalue weighted by Crippen LogP contribution is -2.39. The predicted octanol–water partition coefficient (Wildman–Crippen LogP) is 3.95. The molecule has 0 unspecified atom stereocenters. The van der Waals surface area contributed by atoms with Gasteiger partial charge >= 0.3 is 5.97 Å². The van der Waals surface area contributed by atoms with Crippen molar-refractivity contribution in [1.29, 1.82) is 0 Å². The molecule has 4 rings (SSSR count). The number of hydrogen-bond donors (Lipinski definition) is 1. The summed E-state index contributed by atoms with van der Waals surface area (Å²) in [5.41, 5.74) is 1.77. The van der Waals surface area contributed by atoms with Gasteiger partial charge in [-0.2, -0.15) is 0 Å². The first kappa shape index (κ1) is 26.5. The van der Waals surface area contributed by atoms with Crippen molar-refractivity contribution in [2.24, 2.45) is 4.99 Å². The number of aromatic hydroxyl groups is 1. The Labute approximate surface area is 222 Å². The second kappa shape index (κ2) is 11.2. The summed E-state index contributed by atoms with van der Waals surface area (Å²) in [5.74, 6) is 0.226. The highest BCUT2D eigenvalue weighted by atomic mass is 35.5. The molecule has 0 bridgehead atoms. The Kier molecular flexibility index (Phi) is 8.04. The summed E-state index contributed by atoms with van der Waals surface area (Å²) in [5, 5.41) is 10.3. The van der Waals surface area contributed by atoms with Gasteiger partial charge in [-0.1, -0.05) is 35.1 Å². The monoisotopic (exact) mass is 542 g/mol. The van der Waals surface area contributed by atoms with Crippen molar-refractivity contribution >= 4 is 35.0 Å². The van der Waals surface area contributed by atoms with E-state index >= 15 is 0 Å². The van der Waals surface area contributed by atoms with Gasteiger partial charge in [0, 0.05) is 0 Å². The zero-order valence-electron chi connectivity index (χ0n) is 20.9. The van der Waals surface area contributed by atoms with Crippen LogP contribution in [0.1, 0.15) is 44.9 Å². The van der Waals surface area contributed by atoms with E-state index in [1.165, 1.54) is 15.9 Å². The molecule has 0 saturated heterocycles. The van der Waals surface area contributed by atoms with Crippen LogP contribution in [0.3, 0.4) is 0 Å². The minimum Gasteiger partial charge on any atom is -0.503 e. The lowest BCUT2D eigenvalue weighted by Gasteiger charge is -2.24. The van der Waals surface area contributed by atoms with Crippen molar-refractivity contribution in [3.05, 3.63) is 83.5 Å². The van der Waals surface area contributed by atoms with Crippen molar-refractivity contribution in [1.82, 2.24) is 4.57 Å². The average Bonchev–Trinajstić information content (AvgIpc) is 3.16. The van der Waals surface area contributed by atoms with Crippen LogP contribution in [0.25, 0.3) is 6.08 Å². The van der Waals surface area contributed by atoms with Gasteiger partial charge in [-0.15, -0.1) is 0 Å². The number of rotatable bonds is 8. The number of phenols is 1. The summed E-state index contributed by atoms with van der Waals surface area (Å²) in [6.45, 7) is 8.21. The highest BCUT2D eigenvalue weighted by Crippen LogP contribution is 2.35. The number of phenolic OH excluding ortho intramolecular Hbond substituents is 1. The van der Waals surface area contributed by atoms with Gasteiger partial charge < -0.3 is 19.3 Å². The fourth-order valence-electron chi connectivity index (χ4n) is 4.11. The van der Waals surface area contributed by atoms with Gasteiger partial charge in [-0.05, 0) is 69.2 Å². The van der Waals surface area contributed by atoms with Crippen molar-refractivity contribution < 1.29 is 24.1 Å². The molecule has 0 amide bonds. The molecule has 0 spiro atoms. The normalized spacial score (nSPS) is 15.3. The summed E-state index contributed by atoms with van der Waals surface area (Å²) in [6.07, 6.45) is 1.66. The van der Waals surface area contributed by atoms with Crippen molar-refractivity contribution in [3.8, 4) is 17.2 Å². The number of nitrogens with zero attached hydrogens (tertiary/aromatic N) is 2. The molecular formula is C27H27ClN2O6S. The summed E-state index contributed by atoms with van der Waals surface area (Å²) in [6, 6.07) is 9.72. The second-order valence-electron chi connectivity index (χ2n) is 8.09. The Balaban J connectivity index is 1.91. The molecule has 1 aliphatic rings. The third-order valence-corrected chi connectivity index (χ3v) is 6.94. The predicted molar refractivity (Wildman–Crippen MR) is 142 cm³/mol. The highest BCUT2D eigenvalue weighted by Gasteiger charge is 2.33. The largest absolute Gasteiger partial charge is 0.503 e. The number of allylic oxidation sites excluding steroid dienone is 1. The smallest absolute Gasteiger partial charge is 0.338 e. The molecule has 1 atom stereocenters. The standard InChI is InChI=1S/C27H27ClN2O6S/c1-5-34-18-10-8-17(9-11-18)23-22(26(33)36-7-3)15(4)29-27-30(23)25(32)21(37-27)14-16-12-19(28)24(31)20(13-16)35-6-2/h8-14,23,31H,5-7H2,1-4H3/b21-14+/t23-/m1/s1. The molecule has 0 aliphatic carbocycles. The first-order valence-electron chi connectivity index (χ1n) is 11.9. The molecule has 1 N–H and O–H groups in total. The molecule has 37 heavy (non-hydrogen) atoms. The summed E-state index contributed by atoms with van der Waals surface area (Å²) in [4.78, 5) is 31.8. The molecule has 0 radical (unpaired) electrons. The zero-order chi connectivity index (χ0) is 26.7. The van der Waals surface area contributed by atoms with Gasteiger partial charge in [-0.25, -0.2) is 9.79 Å². The topological polar surface area (TPSA) is 99.4 Å².